The Morgan fingerprint density at radius 2 is 2.12 bits per heavy atom. The molecule has 0 aliphatic carbocycles. The first-order valence-electron chi connectivity index (χ1n) is 7.45. The molecule has 6 nitrogen and oxygen atoms in total. The Kier molecular flexibility index (Phi) is 4.72. The molecule has 0 radical (unpaired) electrons. The largest absolute Gasteiger partial charge is 0.497 e. The number of hydrogen-bond acceptors (Lipinski definition) is 8. The molecular formula is C15H15N5OS3. The van der Waals surface area contributed by atoms with Crippen molar-refractivity contribution >= 4 is 44.2 Å². The molecule has 0 atom stereocenters. The number of nitrogens with zero attached hydrogens (tertiary/aromatic N) is 5. The summed E-state index contributed by atoms with van der Waals surface area (Å²) in [5.74, 6) is 3.57. The first kappa shape index (κ1) is 15.9. The molecule has 0 fully saturated rings. The molecule has 0 spiro atoms. The average molecular weight is 378 g/mol. The maximum absolute atomic E-state index is 5.19. The van der Waals surface area contributed by atoms with Crippen LogP contribution in [0.2, 0.25) is 0 Å². The molecule has 0 amide bonds. The molecule has 0 bridgehead atoms. The van der Waals surface area contributed by atoms with Crippen LogP contribution in [0.4, 0.5) is 0 Å². The Morgan fingerprint density at radius 3 is 2.88 bits per heavy atom. The summed E-state index contributed by atoms with van der Waals surface area (Å²) >= 11 is 5.10. The van der Waals surface area contributed by atoms with Crippen LogP contribution >= 0.6 is 34.9 Å². The minimum absolute atomic E-state index is 0.749. The topological polar surface area (TPSA) is 64.7 Å². The van der Waals surface area contributed by atoms with Gasteiger partial charge in [0.05, 0.1) is 19.4 Å². The van der Waals surface area contributed by atoms with E-state index in [9.17, 15) is 0 Å². The van der Waals surface area contributed by atoms with E-state index in [2.05, 4.69) is 32.4 Å². The number of fused-ring (bicyclic) bond motifs is 1. The van der Waals surface area contributed by atoms with Crippen LogP contribution in [0.15, 0.2) is 29.3 Å². The lowest BCUT2D eigenvalue weighted by Crippen LogP contribution is -1.97. The third-order valence-electron chi connectivity index (χ3n) is 3.49. The fourth-order valence-corrected chi connectivity index (χ4v) is 5.11. The third kappa shape index (κ3) is 3.42. The summed E-state index contributed by atoms with van der Waals surface area (Å²) < 4.78 is 8.19. The Hall–Kier alpha value is -1.58. The predicted octanol–water partition coefficient (Wildman–Crippen LogP) is 3.12. The summed E-state index contributed by atoms with van der Waals surface area (Å²) in [4.78, 5) is 5.29. The SMILES string of the molecule is COc1ccc(Cc2nn3c(CSC4=NCCS4)nnc3s2)cc1. The van der Waals surface area contributed by atoms with Gasteiger partial charge >= 0.3 is 0 Å². The van der Waals surface area contributed by atoms with E-state index < -0.39 is 0 Å². The molecular weight excluding hydrogens is 362 g/mol. The van der Waals surface area contributed by atoms with E-state index in [1.807, 2.05) is 28.4 Å². The van der Waals surface area contributed by atoms with Gasteiger partial charge in [-0.15, -0.1) is 10.2 Å². The molecule has 3 aromatic rings. The number of methoxy groups -OCH3 is 1. The van der Waals surface area contributed by atoms with Gasteiger partial charge in [0.1, 0.15) is 15.1 Å². The van der Waals surface area contributed by atoms with Crippen LogP contribution in [-0.4, -0.2) is 43.6 Å². The zero-order valence-electron chi connectivity index (χ0n) is 13.0. The number of aromatic nitrogens is 4. The number of benzene rings is 1. The van der Waals surface area contributed by atoms with Crippen molar-refractivity contribution < 1.29 is 4.74 Å². The summed E-state index contributed by atoms with van der Waals surface area (Å²) in [6.45, 7) is 0.922. The van der Waals surface area contributed by atoms with Crippen molar-refractivity contribution in [2.75, 3.05) is 19.4 Å². The zero-order chi connectivity index (χ0) is 16.4. The van der Waals surface area contributed by atoms with Crippen molar-refractivity contribution in [3.05, 3.63) is 40.7 Å². The van der Waals surface area contributed by atoms with Gasteiger partial charge in [0.15, 0.2) is 5.82 Å². The van der Waals surface area contributed by atoms with Crippen molar-refractivity contribution in [1.29, 1.82) is 0 Å². The number of hydrogen-bond donors (Lipinski definition) is 0. The van der Waals surface area contributed by atoms with E-state index in [-0.39, 0.29) is 0 Å². The highest BCUT2D eigenvalue weighted by atomic mass is 32.2. The molecule has 1 aromatic carbocycles. The molecule has 1 aliphatic heterocycles. The minimum Gasteiger partial charge on any atom is -0.497 e. The summed E-state index contributed by atoms with van der Waals surface area (Å²) in [7, 11) is 1.67. The third-order valence-corrected chi connectivity index (χ3v) is 6.64. The highest BCUT2D eigenvalue weighted by molar-refractivity contribution is 8.38. The van der Waals surface area contributed by atoms with Gasteiger partial charge in [0.25, 0.3) is 0 Å². The van der Waals surface area contributed by atoms with Gasteiger partial charge in [-0.3, -0.25) is 4.99 Å². The van der Waals surface area contributed by atoms with Crippen LogP contribution in [0.3, 0.4) is 0 Å². The van der Waals surface area contributed by atoms with Crippen LogP contribution in [0.25, 0.3) is 4.96 Å². The zero-order valence-corrected chi connectivity index (χ0v) is 15.5. The molecule has 2 aromatic heterocycles. The molecule has 0 saturated carbocycles. The molecule has 4 rings (SSSR count). The maximum Gasteiger partial charge on any atom is 0.234 e. The van der Waals surface area contributed by atoms with Gasteiger partial charge in [-0.2, -0.15) is 9.61 Å². The molecule has 3 heterocycles. The normalized spacial score (nSPS) is 14.3. The van der Waals surface area contributed by atoms with Crippen LogP contribution < -0.4 is 4.74 Å². The Labute approximate surface area is 151 Å². The van der Waals surface area contributed by atoms with Crippen molar-refractivity contribution in [2.45, 2.75) is 12.2 Å². The van der Waals surface area contributed by atoms with Crippen molar-refractivity contribution in [2.24, 2.45) is 4.99 Å². The fourth-order valence-electron chi connectivity index (χ4n) is 2.31. The van der Waals surface area contributed by atoms with Crippen LogP contribution in [0.1, 0.15) is 16.4 Å². The second kappa shape index (κ2) is 7.12. The molecule has 0 saturated heterocycles. The quantitative estimate of drug-likeness (QED) is 0.681. The van der Waals surface area contributed by atoms with E-state index in [0.29, 0.717) is 0 Å². The summed E-state index contributed by atoms with van der Waals surface area (Å²) in [5, 5.41) is 14.2. The molecule has 24 heavy (non-hydrogen) atoms. The van der Waals surface area contributed by atoms with Gasteiger partial charge in [-0.25, -0.2) is 0 Å². The van der Waals surface area contributed by atoms with Gasteiger partial charge in [0.2, 0.25) is 4.96 Å². The summed E-state index contributed by atoms with van der Waals surface area (Å²) in [6, 6.07) is 8.07. The maximum atomic E-state index is 5.19. The second-order valence-corrected chi connectivity index (χ2v) is 8.46. The lowest BCUT2D eigenvalue weighted by atomic mass is 10.1. The van der Waals surface area contributed by atoms with Gasteiger partial charge in [-0.1, -0.05) is 47.0 Å². The predicted molar refractivity (Wildman–Crippen MR) is 101 cm³/mol. The van der Waals surface area contributed by atoms with Crippen molar-refractivity contribution in [1.82, 2.24) is 19.8 Å². The van der Waals surface area contributed by atoms with Gasteiger partial charge in [-0.05, 0) is 17.7 Å². The van der Waals surface area contributed by atoms with E-state index in [1.165, 1.54) is 5.56 Å². The van der Waals surface area contributed by atoms with E-state index >= 15 is 0 Å². The minimum atomic E-state index is 0.749. The van der Waals surface area contributed by atoms with Crippen LogP contribution in [-0.2, 0) is 12.2 Å². The molecule has 0 unspecified atom stereocenters. The first-order chi connectivity index (χ1) is 11.8. The first-order valence-corrected chi connectivity index (χ1v) is 10.2. The number of aliphatic imine (C=N–C) groups is 1. The Balaban J connectivity index is 1.48. The number of thioether (sulfide) groups is 2. The van der Waals surface area contributed by atoms with Gasteiger partial charge < -0.3 is 4.74 Å². The smallest absolute Gasteiger partial charge is 0.234 e. The van der Waals surface area contributed by atoms with E-state index in [0.717, 1.165) is 50.4 Å². The van der Waals surface area contributed by atoms with Gasteiger partial charge in [0, 0.05) is 12.2 Å². The Morgan fingerprint density at radius 1 is 1.25 bits per heavy atom. The number of ether oxygens (including phenoxy) is 1. The lowest BCUT2D eigenvalue weighted by molar-refractivity contribution is 0.414. The molecule has 124 valence electrons. The summed E-state index contributed by atoms with van der Waals surface area (Å²) in [5.41, 5.74) is 1.20. The molecule has 9 heteroatoms. The lowest BCUT2D eigenvalue weighted by Gasteiger charge is -2.01. The Bertz CT molecular complexity index is 871. The monoisotopic (exact) mass is 377 g/mol. The highest BCUT2D eigenvalue weighted by Gasteiger charge is 2.14. The van der Waals surface area contributed by atoms with Crippen molar-refractivity contribution in [3.8, 4) is 5.75 Å². The van der Waals surface area contributed by atoms with E-state index in [4.69, 9.17) is 4.74 Å². The number of rotatable bonds is 5. The molecule has 0 N–H and O–H groups in total. The van der Waals surface area contributed by atoms with E-state index in [1.54, 1.807) is 30.2 Å². The highest BCUT2D eigenvalue weighted by Crippen LogP contribution is 2.26. The average Bonchev–Trinajstić information content (AvgIpc) is 3.31. The summed E-state index contributed by atoms with van der Waals surface area (Å²) in [6.07, 6.45) is 0.785. The fraction of sp³-hybridized carbons (Fsp3) is 0.333. The van der Waals surface area contributed by atoms with Crippen LogP contribution in [0.5, 0.6) is 5.75 Å². The molecule has 1 aliphatic rings. The van der Waals surface area contributed by atoms with Crippen LogP contribution in [0, 0.1) is 0 Å². The second-order valence-electron chi connectivity index (χ2n) is 5.12. The van der Waals surface area contributed by atoms with Crippen molar-refractivity contribution in [3.63, 3.8) is 0 Å². The standard InChI is InChI=1S/C15H15N5OS3/c1-21-11-4-2-10(3-5-11)8-13-19-20-12(17-18-14(20)24-13)9-23-15-16-6-7-22-15/h2-5H,6-9H2,1H3.